The molecule has 1 heterocycles. The number of benzene rings is 2. The summed E-state index contributed by atoms with van der Waals surface area (Å²) in [6, 6.07) is 7.69. The quantitative estimate of drug-likeness (QED) is 0.398. The summed E-state index contributed by atoms with van der Waals surface area (Å²) in [4.78, 5) is 31.2. The molecule has 0 bridgehead atoms. The molecule has 2 aromatic carbocycles. The van der Waals surface area contributed by atoms with Crippen molar-refractivity contribution in [1.82, 2.24) is 0 Å². The molecule has 0 unspecified atom stereocenters. The Morgan fingerprint density at radius 2 is 1.94 bits per heavy atom. The van der Waals surface area contributed by atoms with Gasteiger partial charge in [0.05, 0.1) is 19.3 Å². The lowest BCUT2D eigenvalue weighted by molar-refractivity contribution is 0.0978. The zero-order valence-electron chi connectivity index (χ0n) is 17.0. The summed E-state index contributed by atoms with van der Waals surface area (Å²) in [7, 11) is -4.74. The van der Waals surface area contributed by atoms with Crippen molar-refractivity contribution in [1.29, 1.82) is 0 Å². The van der Waals surface area contributed by atoms with Gasteiger partial charge in [-0.2, -0.15) is 0 Å². The van der Waals surface area contributed by atoms with Gasteiger partial charge in [-0.1, -0.05) is 13.0 Å². The molecule has 1 aliphatic rings. The van der Waals surface area contributed by atoms with Crippen LogP contribution in [0.5, 0.6) is 23.0 Å². The maximum Gasteiger partial charge on any atom is 0.391 e. The molecule has 0 fully saturated rings. The number of aryl methyl sites for hydroxylation is 1. The fourth-order valence-electron chi connectivity index (χ4n) is 3.08. The van der Waals surface area contributed by atoms with Crippen molar-refractivity contribution in [3.8, 4) is 23.0 Å². The number of Topliss-reactive ketones (excluding diaryl/α,β-unsaturated/α-hetero) is 1. The van der Waals surface area contributed by atoms with Gasteiger partial charge in [0, 0.05) is 12.5 Å². The molecule has 2 aromatic rings. The second-order valence-corrected chi connectivity index (χ2v) is 9.37. The van der Waals surface area contributed by atoms with Crippen molar-refractivity contribution in [2.24, 2.45) is 0 Å². The summed E-state index contributed by atoms with van der Waals surface area (Å²) in [6.07, 6.45) is 1.13. The first kappa shape index (κ1) is 23.3. The first-order chi connectivity index (χ1) is 14.7. The Hall–Kier alpha value is -2.39. The predicted octanol–water partition coefficient (Wildman–Crippen LogP) is 3.01. The van der Waals surface area contributed by atoms with Gasteiger partial charge >= 0.3 is 8.60 Å². The molecular formula is C20H23O9PS. The summed E-state index contributed by atoms with van der Waals surface area (Å²) in [5.41, 5.74) is 0.973. The Labute approximate surface area is 181 Å². The fourth-order valence-corrected chi connectivity index (χ4v) is 4.52. The molecule has 11 heteroatoms. The highest BCUT2D eigenvalue weighted by molar-refractivity contribution is 7.91. The van der Waals surface area contributed by atoms with Crippen LogP contribution in [0.25, 0.3) is 0 Å². The van der Waals surface area contributed by atoms with Gasteiger partial charge in [0.25, 0.3) is 0 Å². The van der Waals surface area contributed by atoms with Gasteiger partial charge in [-0.05, 0) is 36.6 Å². The minimum Gasteiger partial charge on any atom is -0.493 e. The highest BCUT2D eigenvalue weighted by atomic mass is 32.2. The van der Waals surface area contributed by atoms with Crippen LogP contribution in [0.15, 0.2) is 35.2 Å². The van der Waals surface area contributed by atoms with Gasteiger partial charge in [-0.15, -0.1) is 0 Å². The van der Waals surface area contributed by atoms with Gasteiger partial charge in [-0.3, -0.25) is 4.79 Å². The van der Waals surface area contributed by atoms with Crippen LogP contribution in [0.2, 0.25) is 0 Å². The zero-order valence-corrected chi connectivity index (χ0v) is 18.7. The molecule has 0 radical (unpaired) electrons. The van der Waals surface area contributed by atoms with E-state index in [1.54, 1.807) is 18.2 Å². The van der Waals surface area contributed by atoms with Crippen molar-refractivity contribution in [2.75, 3.05) is 19.7 Å². The van der Waals surface area contributed by atoms with Gasteiger partial charge < -0.3 is 28.5 Å². The Kier molecular flexibility index (Phi) is 7.38. The number of sulfone groups is 1. The van der Waals surface area contributed by atoms with Crippen LogP contribution in [0.3, 0.4) is 0 Å². The van der Waals surface area contributed by atoms with Crippen LogP contribution in [0.1, 0.15) is 35.7 Å². The highest BCUT2D eigenvalue weighted by Gasteiger charge is 2.31. The van der Waals surface area contributed by atoms with Crippen molar-refractivity contribution < 1.29 is 41.7 Å². The van der Waals surface area contributed by atoms with Crippen LogP contribution in [-0.2, 0) is 16.3 Å². The van der Waals surface area contributed by atoms with Crippen molar-refractivity contribution in [2.45, 2.75) is 31.1 Å². The number of carbonyl (C=O) groups excluding carboxylic acids is 1. The molecule has 168 valence electrons. The van der Waals surface area contributed by atoms with Crippen molar-refractivity contribution in [3.05, 3.63) is 41.5 Å². The van der Waals surface area contributed by atoms with E-state index in [0.29, 0.717) is 25.2 Å². The van der Waals surface area contributed by atoms with E-state index in [0.717, 1.165) is 5.56 Å². The van der Waals surface area contributed by atoms with Crippen molar-refractivity contribution in [3.63, 3.8) is 0 Å². The lowest BCUT2D eigenvalue weighted by Crippen LogP contribution is -2.07. The molecule has 3 rings (SSSR count). The van der Waals surface area contributed by atoms with E-state index in [4.69, 9.17) is 28.5 Å². The molecule has 0 amide bonds. The number of ketones is 1. The molecule has 2 N–H and O–H groups in total. The number of methoxy groups -OCH3 is 1. The first-order valence-corrected chi connectivity index (χ1v) is 12.3. The average Bonchev–Trinajstić information content (AvgIpc) is 3.03. The van der Waals surface area contributed by atoms with E-state index in [1.165, 1.54) is 19.2 Å². The number of hydrogen-bond acceptors (Lipinski definition) is 9. The summed E-state index contributed by atoms with van der Waals surface area (Å²) in [5, 5.41) is 0. The molecular weight excluding hydrogens is 447 g/mol. The maximum atomic E-state index is 12.9. The smallest absolute Gasteiger partial charge is 0.391 e. The largest absolute Gasteiger partial charge is 0.493 e. The molecule has 0 saturated heterocycles. The third kappa shape index (κ3) is 5.46. The second kappa shape index (κ2) is 9.82. The molecule has 0 spiro atoms. The molecule has 0 atom stereocenters. The van der Waals surface area contributed by atoms with Crippen molar-refractivity contribution >= 4 is 24.2 Å². The Morgan fingerprint density at radius 1 is 1.16 bits per heavy atom. The number of hydrogen-bond donors (Lipinski definition) is 2. The zero-order chi connectivity index (χ0) is 22.6. The van der Waals surface area contributed by atoms with Gasteiger partial charge in [0.1, 0.15) is 16.4 Å². The van der Waals surface area contributed by atoms with Crippen LogP contribution >= 0.6 is 8.60 Å². The normalized spacial score (nSPS) is 14.1. The Bertz CT molecular complexity index is 1070. The minimum absolute atomic E-state index is 0.0246. The van der Waals surface area contributed by atoms with E-state index in [1.807, 2.05) is 6.92 Å². The van der Waals surface area contributed by atoms with E-state index in [2.05, 4.69) is 0 Å². The standard InChI is InChI=1S/C20H23O9PS/c1-3-8-27-17-11-20-19(28-12-31(20,24)25)10-14(17)15(21)6-4-13-5-7-16(26-2)18(9-13)29-30(22)23/h5,7,9-11,22-23H,3-4,6,8,12H2,1-2H3. The minimum atomic E-state index is -3.55. The summed E-state index contributed by atoms with van der Waals surface area (Å²) in [5.74, 6) is 0.146. The Balaban J connectivity index is 1.82. The average molecular weight is 470 g/mol. The van der Waals surface area contributed by atoms with Gasteiger partial charge in [0.15, 0.2) is 23.2 Å². The number of carbonyl (C=O) groups is 1. The second-order valence-electron chi connectivity index (χ2n) is 6.77. The molecule has 0 aromatic heterocycles. The maximum absolute atomic E-state index is 12.9. The third-order valence-electron chi connectivity index (χ3n) is 4.56. The van der Waals surface area contributed by atoms with E-state index >= 15 is 0 Å². The molecule has 1 aliphatic heterocycles. The molecule has 31 heavy (non-hydrogen) atoms. The number of fused-ring (bicyclic) bond motifs is 1. The first-order valence-electron chi connectivity index (χ1n) is 9.47. The predicted molar refractivity (Wildman–Crippen MR) is 113 cm³/mol. The molecule has 0 aliphatic carbocycles. The number of rotatable bonds is 10. The number of ether oxygens (including phenoxy) is 3. The molecule has 0 saturated carbocycles. The van der Waals surface area contributed by atoms with Crippen LogP contribution in [0.4, 0.5) is 0 Å². The third-order valence-corrected chi connectivity index (χ3v) is 6.34. The van der Waals surface area contributed by atoms with E-state index in [-0.39, 0.29) is 39.9 Å². The SMILES string of the molecule is CCCOc1cc2c(cc1C(=O)CCc1ccc(OC)c(OP(O)O)c1)OCS2(=O)=O. The van der Waals surface area contributed by atoms with Crippen LogP contribution in [0, 0.1) is 0 Å². The summed E-state index contributed by atoms with van der Waals surface area (Å²) >= 11 is 0. The van der Waals surface area contributed by atoms with E-state index in [9.17, 15) is 13.2 Å². The topological polar surface area (TPSA) is 129 Å². The van der Waals surface area contributed by atoms with Gasteiger partial charge in [-0.25, -0.2) is 8.42 Å². The Morgan fingerprint density at radius 3 is 2.61 bits per heavy atom. The van der Waals surface area contributed by atoms with Crippen LogP contribution < -0.4 is 18.7 Å². The fraction of sp³-hybridized carbons (Fsp3) is 0.350. The monoisotopic (exact) mass is 470 g/mol. The summed E-state index contributed by atoms with van der Waals surface area (Å²) < 4.78 is 45.2. The van der Waals surface area contributed by atoms with E-state index < -0.39 is 24.4 Å². The lowest BCUT2D eigenvalue weighted by atomic mass is 10.0. The van der Waals surface area contributed by atoms with Crippen LogP contribution in [-0.4, -0.2) is 43.6 Å². The van der Waals surface area contributed by atoms with Gasteiger partial charge in [0.2, 0.25) is 9.84 Å². The molecule has 9 nitrogen and oxygen atoms in total. The lowest BCUT2D eigenvalue weighted by Gasteiger charge is -2.13. The summed E-state index contributed by atoms with van der Waals surface area (Å²) in [6.45, 7) is 2.24. The highest BCUT2D eigenvalue weighted by Crippen LogP contribution is 2.39.